The predicted octanol–water partition coefficient (Wildman–Crippen LogP) is 2.05. The van der Waals surface area contributed by atoms with E-state index >= 15 is 0 Å². The number of nitrogens with two attached hydrogens (primary N) is 1. The first kappa shape index (κ1) is 15.0. The average molecular weight is 269 g/mol. The lowest BCUT2D eigenvalue weighted by atomic mass is 10.0. The molecule has 0 aliphatic heterocycles. The Morgan fingerprint density at radius 2 is 2.21 bits per heavy atom. The summed E-state index contributed by atoms with van der Waals surface area (Å²) in [6.07, 6.45) is 1.40. The highest BCUT2D eigenvalue weighted by atomic mass is 19.1. The largest absolute Gasteiger partial charge is 0.330 e. The van der Waals surface area contributed by atoms with Crippen LogP contribution in [0.15, 0.2) is 18.2 Å². The van der Waals surface area contributed by atoms with E-state index in [-0.39, 0.29) is 24.1 Å². The van der Waals surface area contributed by atoms with Gasteiger partial charge in [0.25, 0.3) is 5.69 Å². The Morgan fingerprint density at radius 3 is 2.74 bits per heavy atom. The molecule has 1 atom stereocenters. The molecule has 0 spiro atoms. The van der Waals surface area contributed by atoms with Crippen LogP contribution in [0.25, 0.3) is 0 Å². The third-order valence-corrected chi connectivity index (χ3v) is 2.65. The summed E-state index contributed by atoms with van der Waals surface area (Å²) >= 11 is 0. The monoisotopic (exact) mass is 269 g/mol. The summed E-state index contributed by atoms with van der Waals surface area (Å²) < 4.78 is 13.2. The van der Waals surface area contributed by atoms with Crippen molar-refractivity contribution in [2.75, 3.05) is 11.9 Å². The molecule has 1 rings (SSSR count). The van der Waals surface area contributed by atoms with Crippen LogP contribution in [0.1, 0.15) is 19.8 Å². The molecule has 0 fully saturated rings. The summed E-state index contributed by atoms with van der Waals surface area (Å²) in [5.41, 5.74) is 5.13. The van der Waals surface area contributed by atoms with Crippen molar-refractivity contribution in [2.45, 2.75) is 19.8 Å². The summed E-state index contributed by atoms with van der Waals surface area (Å²) in [5.74, 6) is -1.51. The summed E-state index contributed by atoms with van der Waals surface area (Å²) in [4.78, 5) is 21.7. The maximum absolute atomic E-state index is 13.2. The van der Waals surface area contributed by atoms with Crippen LogP contribution >= 0.6 is 0 Å². The van der Waals surface area contributed by atoms with Crippen molar-refractivity contribution >= 4 is 17.3 Å². The highest BCUT2D eigenvalue weighted by Gasteiger charge is 2.17. The van der Waals surface area contributed by atoms with E-state index in [9.17, 15) is 19.3 Å². The number of nitro groups is 1. The number of nitrogens with one attached hydrogen (secondary N) is 1. The lowest BCUT2D eigenvalue weighted by Gasteiger charge is -2.13. The fourth-order valence-electron chi connectivity index (χ4n) is 1.70. The van der Waals surface area contributed by atoms with Gasteiger partial charge in [-0.25, -0.2) is 4.39 Å². The van der Waals surface area contributed by atoms with E-state index < -0.39 is 16.4 Å². The third-order valence-electron chi connectivity index (χ3n) is 2.65. The van der Waals surface area contributed by atoms with Crippen molar-refractivity contribution in [1.29, 1.82) is 0 Å². The zero-order valence-corrected chi connectivity index (χ0v) is 10.6. The van der Waals surface area contributed by atoms with Gasteiger partial charge in [-0.05, 0) is 12.5 Å². The van der Waals surface area contributed by atoms with Gasteiger partial charge in [0.05, 0.1) is 22.6 Å². The SMILES string of the molecule is CCCC(CN)C(=O)Nc1cc(F)cc([N+](=O)[O-])c1. The summed E-state index contributed by atoms with van der Waals surface area (Å²) in [7, 11) is 0. The third kappa shape index (κ3) is 4.29. The maximum Gasteiger partial charge on any atom is 0.274 e. The molecule has 0 aliphatic carbocycles. The van der Waals surface area contributed by atoms with Crippen LogP contribution < -0.4 is 11.1 Å². The number of benzene rings is 1. The van der Waals surface area contributed by atoms with Gasteiger partial charge in [-0.1, -0.05) is 13.3 Å². The highest BCUT2D eigenvalue weighted by Crippen LogP contribution is 2.21. The number of carbonyl (C=O) groups excluding carboxylic acids is 1. The Morgan fingerprint density at radius 1 is 1.53 bits per heavy atom. The molecule has 0 saturated carbocycles. The minimum atomic E-state index is -0.774. The molecule has 0 aliphatic rings. The molecule has 1 aromatic carbocycles. The maximum atomic E-state index is 13.2. The Bertz CT molecular complexity index is 479. The molecule has 0 aromatic heterocycles. The van der Waals surface area contributed by atoms with Gasteiger partial charge >= 0.3 is 0 Å². The number of carbonyl (C=O) groups is 1. The number of nitrogens with zero attached hydrogens (tertiary/aromatic N) is 1. The second-order valence-electron chi connectivity index (χ2n) is 4.17. The Balaban J connectivity index is 2.87. The van der Waals surface area contributed by atoms with Crippen molar-refractivity contribution in [2.24, 2.45) is 11.7 Å². The Kier molecular flexibility index (Phi) is 5.37. The molecule has 7 heteroatoms. The van der Waals surface area contributed by atoms with Gasteiger partial charge in [0, 0.05) is 12.6 Å². The smallest absolute Gasteiger partial charge is 0.274 e. The van der Waals surface area contributed by atoms with Gasteiger partial charge in [-0.2, -0.15) is 0 Å². The van der Waals surface area contributed by atoms with E-state index in [1.807, 2.05) is 6.92 Å². The van der Waals surface area contributed by atoms with Gasteiger partial charge in [-0.3, -0.25) is 14.9 Å². The van der Waals surface area contributed by atoms with Crippen LogP contribution in [0.3, 0.4) is 0 Å². The van der Waals surface area contributed by atoms with Gasteiger partial charge in [-0.15, -0.1) is 0 Å². The van der Waals surface area contributed by atoms with Crippen molar-refractivity contribution in [3.05, 3.63) is 34.1 Å². The van der Waals surface area contributed by atoms with Crippen molar-refractivity contribution < 1.29 is 14.1 Å². The number of hydrogen-bond donors (Lipinski definition) is 2. The van der Waals surface area contributed by atoms with Crippen LogP contribution in [-0.2, 0) is 4.79 Å². The Labute approximate surface area is 109 Å². The lowest BCUT2D eigenvalue weighted by Crippen LogP contribution is -2.29. The van der Waals surface area contributed by atoms with Crippen LogP contribution in [0.5, 0.6) is 0 Å². The van der Waals surface area contributed by atoms with E-state index in [2.05, 4.69) is 5.32 Å². The summed E-state index contributed by atoms with van der Waals surface area (Å²) in [6.45, 7) is 2.10. The highest BCUT2D eigenvalue weighted by molar-refractivity contribution is 5.93. The number of rotatable bonds is 6. The van der Waals surface area contributed by atoms with Crippen LogP contribution in [-0.4, -0.2) is 17.4 Å². The summed E-state index contributed by atoms with van der Waals surface area (Å²) in [5, 5.41) is 13.0. The molecule has 0 bridgehead atoms. The quantitative estimate of drug-likeness (QED) is 0.610. The minimum absolute atomic E-state index is 0.0613. The van der Waals surface area contributed by atoms with Crippen molar-refractivity contribution in [3.8, 4) is 0 Å². The molecule has 1 unspecified atom stereocenters. The molecular weight excluding hydrogens is 253 g/mol. The molecule has 6 nitrogen and oxygen atoms in total. The molecule has 0 saturated heterocycles. The van der Waals surface area contributed by atoms with E-state index in [1.165, 1.54) is 0 Å². The van der Waals surface area contributed by atoms with Gasteiger partial charge < -0.3 is 11.1 Å². The topological polar surface area (TPSA) is 98.3 Å². The van der Waals surface area contributed by atoms with E-state index in [1.54, 1.807) is 0 Å². The standard InChI is InChI=1S/C12H16FN3O3/c1-2-3-8(7-14)12(17)15-10-4-9(13)5-11(6-10)16(18)19/h4-6,8H,2-3,7,14H2,1H3,(H,15,17). The first-order chi connectivity index (χ1) is 8.97. The number of nitro benzene ring substituents is 1. The van der Waals surface area contributed by atoms with Crippen molar-refractivity contribution in [3.63, 3.8) is 0 Å². The first-order valence-electron chi connectivity index (χ1n) is 5.93. The second kappa shape index (κ2) is 6.79. The van der Waals surface area contributed by atoms with Gasteiger partial charge in [0.15, 0.2) is 0 Å². The molecule has 3 N–H and O–H groups in total. The van der Waals surface area contributed by atoms with E-state index in [0.717, 1.165) is 24.6 Å². The zero-order valence-electron chi connectivity index (χ0n) is 10.6. The molecule has 1 aromatic rings. The number of halogens is 1. The van der Waals surface area contributed by atoms with E-state index in [4.69, 9.17) is 5.73 Å². The van der Waals surface area contributed by atoms with Crippen LogP contribution in [0.2, 0.25) is 0 Å². The number of non-ortho nitro benzene ring substituents is 1. The van der Waals surface area contributed by atoms with E-state index in [0.29, 0.717) is 6.42 Å². The molecule has 104 valence electrons. The normalized spacial score (nSPS) is 11.9. The first-order valence-corrected chi connectivity index (χ1v) is 5.93. The number of amides is 1. The average Bonchev–Trinajstić information content (AvgIpc) is 2.34. The molecule has 1 amide bonds. The fraction of sp³-hybridized carbons (Fsp3) is 0.417. The molecular formula is C12H16FN3O3. The van der Waals surface area contributed by atoms with Crippen LogP contribution in [0.4, 0.5) is 15.8 Å². The second-order valence-corrected chi connectivity index (χ2v) is 4.17. The Hall–Kier alpha value is -2.02. The predicted molar refractivity (Wildman–Crippen MR) is 69.1 cm³/mol. The molecule has 19 heavy (non-hydrogen) atoms. The van der Waals surface area contributed by atoms with Gasteiger partial charge in [0.2, 0.25) is 5.91 Å². The zero-order chi connectivity index (χ0) is 14.4. The van der Waals surface area contributed by atoms with Crippen LogP contribution in [0, 0.1) is 21.8 Å². The number of anilines is 1. The fourth-order valence-corrected chi connectivity index (χ4v) is 1.70. The van der Waals surface area contributed by atoms with Gasteiger partial charge in [0.1, 0.15) is 5.82 Å². The summed E-state index contributed by atoms with van der Waals surface area (Å²) in [6, 6.07) is 2.94. The molecule has 0 radical (unpaired) electrons. The molecule has 0 heterocycles. The number of hydrogen-bond acceptors (Lipinski definition) is 4. The van der Waals surface area contributed by atoms with Crippen molar-refractivity contribution in [1.82, 2.24) is 0 Å². The minimum Gasteiger partial charge on any atom is -0.330 e. The lowest BCUT2D eigenvalue weighted by molar-refractivity contribution is -0.385.